The molecule has 0 aromatic carbocycles. The number of aliphatic hydroxyl groups excluding tert-OH is 1. The van der Waals surface area contributed by atoms with E-state index >= 15 is 0 Å². The van der Waals surface area contributed by atoms with Crippen LogP contribution < -0.4 is 0 Å². The Bertz CT molecular complexity index is 816. The van der Waals surface area contributed by atoms with Gasteiger partial charge in [-0.15, -0.1) is 11.3 Å². The third-order valence-electron chi connectivity index (χ3n) is 5.39. The van der Waals surface area contributed by atoms with Crippen molar-refractivity contribution in [2.45, 2.75) is 52.5 Å². The molecule has 1 amide bonds. The molecule has 0 unspecified atom stereocenters. The number of thiophene rings is 1. The van der Waals surface area contributed by atoms with E-state index in [2.05, 4.69) is 31.5 Å². The van der Waals surface area contributed by atoms with Crippen molar-refractivity contribution >= 4 is 17.2 Å². The fourth-order valence-electron chi connectivity index (χ4n) is 3.76. The van der Waals surface area contributed by atoms with Crippen molar-refractivity contribution in [3.8, 4) is 11.3 Å². The number of carbonyl (C=O) groups is 1. The van der Waals surface area contributed by atoms with Crippen molar-refractivity contribution in [3.63, 3.8) is 0 Å². The zero-order chi connectivity index (χ0) is 21.0. The Morgan fingerprint density at radius 1 is 1.38 bits per heavy atom. The van der Waals surface area contributed by atoms with Crippen LogP contribution in [0.4, 0.5) is 0 Å². The molecule has 1 aliphatic heterocycles. The summed E-state index contributed by atoms with van der Waals surface area (Å²) < 4.78 is 7.81. The minimum absolute atomic E-state index is 0.0244. The summed E-state index contributed by atoms with van der Waals surface area (Å²) in [6.07, 6.45) is 4.31. The van der Waals surface area contributed by atoms with Gasteiger partial charge in [-0.05, 0) is 31.7 Å². The topological polar surface area (TPSA) is 67.6 Å². The maximum atomic E-state index is 12.7. The molecule has 2 aromatic rings. The molecule has 1 N–H and O–H groups in total. The van der Waals surface area contributed by atoms with Gasteiger partial charge in [-0.1, -0.05) is 20.8 Å². The molecule has 7 heteroatoms. The number of aromatic nitrogens is 2. The largest absolute Gasteiger partial charge is 0.395 e. The predicted molar refractivity (Wildman–Crippen MR) is 116 cm³/mol. The van der Waals surface area contributed by atoms with E-state index in [4.69, 9.17) is 9.72 Å². The van der Waals surface area contributed by atoms with Crippen LogP contribution in [0.15, 0.2) is 17.6 Å². The zero-order valence-electron chi connectivity index (χ0n) is 18.0. The molecule has 2 aromatic heterocycles. The summed E-state index contributed by atoms with van der Waals surface area (Å²) in [4.78, 5) is 20.0. The summed E-state index contributed by atoms with van der Waals surface area (Å²) in [6.45, 7) is 12.1. The van der Waals surface area contributed by atoms with E-state index in [1.165, 1.54) is 11.3 Å². The summed E-state index contributed by atoms with van der Waals surface area (Å²) in [6, 6.07) is 1.93. The molecular formula is C22H33N3O3S. The van der Waals surface area contributed by atoms with Crippen LogP contribution in [0.2, 0.25) is 0 Å². The van der Waals surface area contributed by atoms with E-state index in [1.54, 1.807) is 4.90 Å². The number of ether oxygens (including phenoxy) is 1. The van der Waals surface area contributed by atoms with Crippen LogP contribution in [0.1, 0.15) is 56.0 Å². The molecule has 3 rings (SSSR count). The maximum Gasteiger partial charge on any atom is 0.264 e. The highest BCUT2D eigenvalue weighted by Crippen LogP contribution is 2.31. The smallest absolute Gasteiger partial charge is 0.264 e. The molecule has 29 heavy (non-hydrogen) atoms. The number of nitrogens with zero attached hydrogens (tertiary/aromatic N) is 3. The SMILES string of the molecule is CCN(CCO)C(=O)c1cc(-c2cn(CC3CCOCC3)c(C(C)(C)C)n2)cs1. The van der Waals surface area contributed by atoms with Crippen molar-refractivity contribution < 1.29 is 14.6 Å². The molecule has 160 valence electrons. The van der Waals surface area contributed by atoms with Crippen LogP contribution in [0.3, 0.4) is 0 Å². The molecular weight excluding hydrogens is 386 g/mol. The zero-order valence-corrected chi connectivity index (χ0v) is 18.8. The van der Waals surface area contributed by atoms with Crippen molar-refractivity contribution in [1.82, 2.24) is 14.5 Å². The average Bonchev–Trinajstić information content (AvgIpc) is 3.33. The normalized spacial score (nSPS) is 15.6. The molecule has 0 aliphatic carbocycles. The molecule has 1 aliphatic rings. The van der Waals surface area contributed by atoms with Gasteiger partial charge < -0.3 is 19.3 Å². The Labute approximate surface area is 177 Å². The lowest BCUT2D eigenvalue weighted by molar-refractivity contribution is 0.0607. The lowest BCUT2D eigenvalue weighted by atomic mass is 9.94. The van der Waals surface area contributed by atoms with Gasteiger partial charge in [0.15, 0.2) is 0 Å². The third-order valence-corrected chi connectivity index (χ3v) is 6.31. The highest BCUT2D eigenvalue weighted by atomic mass is 32.1. The Morgan fingerprint density at radius 2 is 2.10 bits per heavy atom. The van der Waals surface area contributed by atoms with Crippen molar-refractivity contribution in [2.24, 2.45) is 5.92 Å². The molecule has 1 saturated heterocycles. The molecule has 0 spiro atoms. The second-order valence-corrected chi connectivity index (χ2v) is 9.63. The number of rotatable bonds is 7. The highest BCUT2D eigenvalue weighted by molar-refractivity contribution is 7.12. The Balaban J connectivity index is 1.85. The standard InChI is InChI=1S/C22H33N3O3S/c1-5-24(8-9-26)20(27)19-12-17(15-29-19)18-14-25(21(23-18)22(2,3)4)13-16-6-10-28-11-7-16/h12,14-16,26H,5-11,13H2,1-4H3. The Morgan fingerprint density at radius 3 is 2.72 bits per heavy atom. The first-order chi connectivity index (χ1) is 13.8. The molecule has 0 atom stereocenters. The van der Waals surface area contributed by atoms with Crippen molar-refractivity contribution in [1.29, 1.82) is 0 Å². The molecule has 6 nitrogen and oxygen atoms in total. The first-order valence-electron chi connectivity index (χ1n) is 10.5. The fraction of sp³-hybridized carbons (Fsp3) is 0.636. The number of hydrogen-bond acceptors (Lipinski definition) is 5. The molecule has 3 heterocycles. The second-order valence-electron chi connectivity index (χ2n) is 8.72. The predicted octanol–water partition coefficient (Wildman–Crippen LogP) is 3.79. The van der Waals surface area contributed by atoms with Gasteiger partial charge >= 0.3 is 0 Å². The second kappa shape index (κ2) is 9.41. The van der Waals surface area contributed by atoms with E-state index in [9.17, 15) is 9.90 Å². The number of imidazole rings is 1. The number of hydrogen-bond donors (Lipinski definition) is 1. The maximum absolute atomic E-state index is 12.7. The third kappa shape index (κ3) is 5.27. The van der Waals surface area contributed by atoms with Gasteiger partial charge in [0.25, 0.3) is 5.91 Å². The summed E-state index contributed by atoms with van der Waals surface area (Å²) >= 11 is 1.44. The van der Waals surface area contributed by atoms with E-state index in [-0.39, 0.29) is 17.9 Å². The molecule has 0 radical (unpaired) electrons. The number of likely N-dealkylation sites (N-methyl/N-ethyl adjacent to an activating group) is 1. The summed E-state index contributed by atoms with van der Waals surface area (Å²) in [5.41, 5.74) is 1.84. The minimum Gasteiger partial charge on any atom is -0.395 e. The van der Waals surface area contributed by atoms with Crippen LogP contribution in [0.5, 0.6) is 0 Å². The van der Waals surface area contributed by atoms with Crippen LogP contribution in [-0.2, 0) is 16.7 Å². The van der Waals surface area contributed by atoms with Crippen LogP contribution in [0.25, 0.3) is 11.3 Å². The molecule has 1 fully saturated rings. The monoisotopic (exact) mass is 419 g/mol. The first kappa shape index (κ1) is 22.0. The van der Waals surface area contributed by atoms with Gasteiger partial charge in [0.2, 0.25) is 0 Å². The van der Waals surface area contributed by atoms with Gasteiger partial charge in [-0.25, -0.2) is 4.98 Å². The van der Waals surface area contributed by atoms with E-state index in [0.29, 0.717) is 23.9 Å². The quantitative estimate of drug-likeness (QED) is 0.741. The lowest BCUT2D eigenvalue weighted by Gasteiger charge is -2.25. The Hall–Kier alpha value is -1.70. The van der Waals surface area contributed by atoms with Crippen LogP contribution in [-0.4, -0.2) is 58.4 Å². The summed E-state index contributed by atoms with van der Waals surface area (Å²) in [5.74, 6) is 1.66. The van der Waals surface area contributed by atoms with E-state index in [1.807, 2.05) is 18.4 Å². The number of amides is 1. The van der Waals surface area contributed by atoms with Crippen molar-refractivity contribution in [3.05, 3.63) is 28.3 Å². The summed E-state index contributed by atoms with van der Waals surface area (Å²) in [7, 11) is 0. The highest BCUT2D eigenvalue weighted by Gasteiger charge is 2.25. The van der Waals surface area contributed by atoms with Crippen LogP contribution >= 0.6 is 11.3 Å². The Kier molecular flexibility index (Phi) is 7.14. The minimum atomic E-state index is -0.0573. The lowest BCUT2D eigenvalue weighted by Crippen LogP contribution is -2.32. The van der Waals surface area contributed by atoms with Gasteiger partial charge in [0.05, 0.1) is 17.2 Å². The average molecular weight is 420 g/mol. The van der Waals surface area contributed by atoms with E-state index < -0.39 is 0 Å². The van der Waals surface area contributed by atoms with Crippen LogP contribution in [0, 0.1) is 5.92 Å². The summed E-state index contributed by atoms with van der Waals surface area (Å²) in [5, 5.41) is 11.2. The van der Waals surface area contributed by atoms with Gasteiger partial charge in [0, 0.05) is 55.4 Å². The first-order valence-corrected chi connectivity index (χ1v) is 11.4. The van der Waals surface area contributed by atoms with Gasteiger partial charge in [0.1, 0.15) is 5.82 Å². The van der Waals surface area contributed by atoms with Gasteiger partial charge in [-0.3, -0.25) is 4.79 Å². The molecule has 0 bridgehead atoms. The fourth-order valence-corrected chi connectivity index (χ4v) is 4.63. The van der Waals surface area contributed by atoms with E-state index in [0.717, 1.165) is 49.7 Å². The van der Waals surface area contributed by atoms with Gasteiger partial charge in [-0.2, -0.15) is 0 Å². The number of carbonyl (C=O) groups excluding carboxylic acids is 1. The van der Waals surface area contributed by atoms with Crippen molar-refractivity contribution in [2.75, 3.05) is 32.9 Å². The number of aliphatic hydroxyl groups is 1. The molecule has 0 saturated carbocycles.